The quantitative estimate of drug-likeness (QED) is 0.869. The maximum Gasteiger partial charge on any atom is 0.356 e. The molecule has 0 spiro atoms. The van der Waals surface area contributed by atoms with Gasteiger partial charge in [0.15, 0.2) is 5.69 Å². The van der Waals surface area contributed by atoms with Crippen LogP contribution in [0.2, 0.25) is 0 Å². The number of carbonyl (C=O) groups excluding carboxylic acids is 1. The number of urea groups is 1. The largest absolute Gasteiger partial charge is 0.476 e. The Bertz CT molecular complexity index is 528. The van der Waals surface area contributed by atoms with Gasteiger partial charge in [0.25, 0.3) is 0 Å². The minimum atomic E-state index is -1.15. The first-order chi connectivity index (χ1) is 9.39. The molecule has 1 aliphatic heterocycles. The van der Waals surface area contributed by atoms with Gasteiger partial charge in [0.05, 0.1) is 5.69 Å². The number of carbonyl (C=O) groups is 2. The zero-order valence-corrected chi connectivity index (χ0v) is 11.7. The van der Waals surface area contributed by atoms with Crippen molar-refractivity contribution >= 4 is 17.7 Å². The monoisotopic (exact) mass is 277 g/mol. The molecule has 0 radical (unpaired) electrons. The molecule has 0 aromatic carbocycles. The van der Waals surface area contributed by atoms with E-state index in [1.54, 1.807) is 17.0 Å². The van der Waals surface area contributed by atoms with Crippen molar-refractivity contribution in [2.75, 3.05) is 18.4 Å². The van der Waals surface area contributed by atoms with E-state index in [2.05, 4.69) is 24.1 Å². The van der Waals surface area contributed by atoms with Crippen LogP contribution in [0.4, 0.5) is 10.5 Å². The van der Waals surface area contributed by atoms with Gasteiger partial charge in [-0.2, -0.15) is 0 Å². The van der Waals surface area contributed by atoms with Crippen LogP contribution in [0.3, 0.4) is 0 Å². The first-order valence-electron chi connectivity index (χ1n) is 6.63. The van der Waals surface area contributed by atoms with Crippen LogP contribution in [0.5, 0.6) is 0 Å². The van der Waals surface area contributed by atoms with Crippen molar-refractivity contribution < 1.29 is 14.7 Å². The Morgan fingerprint density at radius 3 is 2.85 bits per heavy atom. The second-order valence-electron chi connectivity index (χ2n) is 5.82. The van der Waals surface area contributed by atoms with Gasteiger partial charge in [0.1, 0.15) is 0 Å². The third-order valence-corrected chi connectivity index (χ3v) is 3.44. The molecule has 1 fully saturated rings. The van der Waals surface area contributed by atoms with E-state index in [1.807, 2.05) is 0 Å². The van der Waals surface area contributed by atoms with Gasteiger partial charge in [0.2, 0.25) is 0 Å². The number of hydrogen-bond donors (Lipinski definition) is 2. The predicted molar refractivity (Wildman–Crippen MR) is 74.8 cm³/mol. The number of hydrogen-bond acceptors (Lipinski definition) is 3. The number of nitrogens with one attached hydrogen (secondary N) is 1. The summed E-state index contributed by atoms with van der Waals surface area (Å²) in [5.41, 5.74) is 0.186. The summed E-state index contributed by atoms with van der Waals surface area (Å²) in [5, 5.41) is 11.7. The standard InChI is InChI=1S/C14H19N3O3/c1-14(2)6-4-8-17(9-14)13(20)16-10-5-3-7-15-11(10)12(18)19/h3,5,7H,4,6,8-9H2,1-2H3,(H,16,20)(H,18,19). The molecule has 0 saturated carbocycles. The van der Waals surface area contributed by atoms with E-state index in [4.69, 9.17) is 5.11 Å². The number of aromatic nitrogens is 1. The van der Waals surface area contributed by atoms with Crippen LogP contribution in [0.25, 0.3) is 0 Å². The fourth-order valence-corrected chi connectivity index (χ4v) is 2.47. The first kappa shape index (κ1) is 14.3. The van der Waals surface area contributed by atoms with E-state index < -0.39 is 5.97 Å². The van der Waals surface area contributed by atoms with E-state index in [-0.39, 0.29) is 22.8 Å². The molecule has 2 heterocycles. The van der Waals surface area contributed by atoms with Gasteiger partial charge >= 0.3 is 12.0 Å². The maximum atomic E-state index is 12.2. The predicted octanol–water partition coefficient (Wildman–Crippen LogP) is 2.43. The Balaban J connectivity index is 2.10. The SMILES string of the molecule is CC1(C)CCCN(C(=O)Nc2cccnc2C(=O)O)C1. The molecule has 2 N–H and O–H groups in total. The molecule has 1 aliphatic rings. The Hall–Kier alpha value is -2.11. The van der Waals surface area contributed by atoms with Crippen LogP contribution in [0.1, 0.15) is 37.2 Å². The van der Waals surface area contributed by atoms with Crippen LogP contribution >= 0.6 is 0 Å². The van der Waals surface area contributed by atoms with Crippen LogP contribution in [0, 0.1) is 5.41 Å². The molecule has 1 aromatic rings. The zero-order chi connectivity index (χ0) is 14.8. The number of nitrogens with zero attached hydrogens (tertiary/aromatic N) is 2. The number of aromatic carboxylic acids is 1. The van der Waals surface area contributed by atoms with E-state index in [9.17, 15) is 9.59 Å². The molecule has 20 heavy (non-hydrogen) atoms. The second kappa shape index (κ2) is 5.48. The highest BCUT2D eigenvalue weighted by Gasteiger charge is 2.29. The molecule has 6 heteroatoms. The molecule has 1 aromatic heterocycles. The molecule has 1 saturated heterocycles. The molecule has 2 rings (SSSR count). The van der Waals surface area contributed by atoms with Gasteiger partial charge in [-0.15, -0.1) is 0 Å². The smallest absolute Gasteiger partial charge is 0.356 e. The molecule has 0 unspecified atom stereocenters. The maximum absolute atomic E-state index is 12.2. The molecule has 108 valence electrons. The number of anilines is 1. The molecule has 6 nitrogen and oxygen atoms in total. The van der Waals surface area contributed by atoms with Crippen LogP contribution < -0.4 is 5.32 Å². The molecule has 2 amide bonds. The summed E-state index contributed by atoms with van der Waals surface area (Å²) in [6.07, 6.45) is 3.44. The zero-order valence-electron chi connectivity index (χ0n) is 11.7. The average Bonchev–Trinajstić information content (AvgIpc) is 2.38. The Kier molecular flexibility index (Phi) is 3.92. The number of likely N-dealkylation sites (tertiary alicyclic amines) is 1. The van der Waals surface area contributed by atoms with Gasteiger partial charge < -0.3 is 15.3 Å². The molecule has 0 bridgehead atoms. The fourth-order valence-electron chi connectivity index (χ4n) is 2.47. The number of pyridine rings is 1. The van der Waals surface area contributed by atoms with E-state index in [0.29, 0.717) is 13.1 Å². The van der Waals surface area contributed by atoms with Gasteiger partial charge in [-0.3, -0.25) is 0 Å². The van der Waals surface area contributed by atoms with Crippen LogP contribution in [-0.2, 0) is 0 Å². The lowest BCUT2D eigenvalue weighted by molar-refractivity contribution is 0.0691. The third kappa shape index (κ3) is 3.26. The number of amides is 2. The Morgan fingerprint density at radius 1 is 1.45 bits per heavy atom. The average molecular weight is 277 g/mol. The normalized spacial score (nSPS) is 17.6. The topological polar surface area (TPSA) is 82.5 Å². The van der Waals surface area contributed by atoms with Gasteiger partial charge in [-0.05, 0) is 30.4 Å². The number of carboxylic acid groups (broad SMARTS) is 1. The lowest BCUT2D eigenvalue weighted by atomic mass is 9.84. The van der Waals surface area contributed by atoms with Gasteiger partial charge in [-0.25, -0.2) is 14.6 Å². The first-order valence-corrected chi connectivity index (χ1v) is 6.63. The van der Waals surface area contributed by atoms with Crippen molar-refractivity contribution in [2.45, 2.75) is 26.7 Å². The van der Waals surface area contributed by atoms with Gasteiger partial charge in [0, 0.05) is 19.3 Å². The summed E-state index contributed by atoms with van der Waals surface area (Å²) in [5.74, 6) is -1.15. The van der Waals surface area contributed by atoms with Crippen LogP contribution in [0.15, 0.2) is 18.3 Å². The van der Waals surface area contributed by atoms with Gasteiger partial charge in [-0.1, -0.05) is 13.8 Å². The van der Waals surface area contributed by atoms with Crippen molar-refractivity contribution in [3.8, 4) is 0 Å². The second-order valence-corrected chi connectivity index (χ2v) is 5.82. The number of piperidine rings is 1. The van der Waals surface area contributed by atoms with Crippen LogP contribution in [-0.4, -0.2) is 40.1 Å². The lowest BCUT2D eigenvalue weighted by Gasteiger charge is -2.37. The van der Waals surface area contributed by atoms with Crippen molar-refractivity contribution in [1.82, 2.24) is 9.88 Å². The molecular weight excluding hydrogens is 258 g/mol. The summed E-state index contributed by atoms with van der Waals surface area (Å²) in [7, 11) is 0. The fraction of sp³-hybridized carbons (Fsp3) is 0.500. The van der Waals surface area contributed by atoms with E-state index in [0.717, 1.165) is 12.8 Å². The molecule has 0 aliphatic carbocycles. The van der Waals surface area contributed by atoms with E-state index >= 15 is 0 Å². The number of rotatable bonds is 2. The summed E-state index contributed by atoms with van der Waals surface area (Å²) < 4.78 is 0. The third-order valence-electron chi connectivity index (χ3n) is 3.44. The minimum Gasteiger partial charge on any atom is -0.476 e. The highest BCUT2D eigenvalue weighted by atomic mass is 16.4. The van der Waals surface area contributed by atoms with E-state index in [1.165, 1.54) is 6.20 Å². The Labute approximate surface area is 117 Å². The molecular formula is C14H19N3O3. The highest BCUT2D eigenvalue weighted by molar-refractivity contribution is 5.98. The highest BCUT2D eigenvalue weighted by Crippen LogP contribution is 2.28. The molecule has 0 atom stereocenters. The summed E-state index contributed by atoms with van der Waals surface area (Å²) >= 11 is 0. The summed E-state index contributed by atoms with van der Waals surface area (Å²) in [6.45, 7) is 5.61. The number of carboxylic acids is 1. The lowest BCUT2D eigenvalue weighted by Crippen LogP contribution is -2.45. The summed E-state index contributed by atoms with van der Waals surface area (Å²) in [6, 6.07) is 2.87. The van der Waals surface area contributed by atoms with Crippen molar-refractivity contribution in [3.05, 3.63) is 24.0 Å². The Morgan fingerprint density at radius 2 is 2.20 bits per heavy atom. The summed E-state index contributed by atoms with van der Waals surface area (Å²) in [4.78, 5) is 28.8. The van der Waals surface area contributed by atoms with Crippen molar-refractivity contribution in [1.29, 1.82) is 0 Å². The van der Waals surface area contributed by atoms with Crippen molar-refractivity contribution in [3.63, 3.8) is 0 Å². The minimum absolute atomic E-state index is 0.0974. The van der Waals surface area contributed by atoms with Crippen molar-refractivity contribution in [2.24, 2.45) is 5.41 Å².